The maximum Gasteiger partial charge on any atom is 0.244 e. The van der Waals surface area contributed by atoms with Crippen LogP contribution in [0, 0.1) is 6.92 Å². The van der Waals surface area contributed by atoms with Gasteiger partial charge < -0.3 is 10.2 Å². The van der Waals surface area contributed by atoms with Crippen LogP contribution in [0.15, 0.2) is 48.5 Å². The molecule has 0 heterocycles. The summed E-state index contributed by atoms with van der Waals surface area (Å²) in [7, 11) is -3.75. The second-order valence-electron chi connectivity index (χ2n) is 8.29. The van der Waals surface area contributed by atoms with Gasteiger partial charge in [-0.2, -0.15) is 0 Å². The number of anilines is 1. The number of amides is 2. The van der Waals surface area contributed by atoms with E-state index in [1.54, 1.807) is 48.5 Å². The Morgan fingerprint density at radius 2 is 1.71 bits per heavy atom. The van der Waals surface area contributed by atoms with E-state index in [2.05, 4.69) is 5.32 Å². The van der Waals surface area contributed by atoms with Gasteiger partial charge in [-0.25, -0.2) is 8.42 Å². The summed E-state index contributed by atoms with van der Waals surface area (Å²) in [4.78, 5) is 28.0. The van der Waals surface area contributed by atoms with Crippen molar-refractivity contribution in [2.45, 2.75) is 52.6 Å². The molecule has 2 amide bonds. The fraction of sp³-hybridized carbons (Fsp3) is 0.440. The first kappa shape index (κ1) is 27.7. The second kappa shape index (κ2) is 12.8. The van der Waals surface area contributed by atoms with Crippen molar-refractivity contribution in [1.82, 2.24) is 10.2 Å². The third-order valence-electron chi connectivity index (χ3n) is 5.52. The van der Waals surface area contributed by atoms with Gasteiger partial charge in [-0.1, -0.05) is 67.8 Å². The van der Waals surface area contributed by atoms with Crippen molar-refractivity contribution in [3.8, 4) is 0 Å². The minimum atomic E-state index is -3.75. The Morgan fingerprint density at radius 1 is 1.06 bits per heavy atom. The predicted molar refractivity (Wildman–Crippen MR) is 137 cm³/mol. The van der Waals surface area contributed by atoms with E-state index in [9.17, 15) is 18.0 Å². The maximum absolute atomic E-state index is 13.6. The van der Waals surface area contributed by atoms with Crippen LogP contribution in [0.2, 0.25) is 5.02 Å². The highest BCUT2D eigenvalue weighted by Gasteiger charge is 2.31. The molecule has 0 fully saturated rings. The number of carbonyl (C=O) groups excluding carboxylic acids is 2. The molecule has 0 saturated carbocycles. The molecule has 1 atom stereocenters. The number of benzene rings is 2. The minimum Gasteiger partial charge on any atom is -0.354 e. The number of nitrogens with one attached hydrogen (secondary N) is 1. The molecule has 2 aromatic carbocycles. The quantitative estimate of drug-likeness (QED) is 0.437. The summed E-state index contributed by atoms with van der Waals surface area (Å²) in [6.45, 7) is 5.93. The average Bonchev–Trinajstić information content (AvgIpc) is 2.78. The third-order valence-corrected chi connectivity index (χ3v) is 7.02. The summed E-state index contributed by atoms with van der Waals surface area (Å²) in [5.74, 6) is -0.749. The summed E-state index contributed by atoms with van der Waals surface area (Å²) >= 11 is 6.35. The molecule has 1 N–H and O–H groups in total. The average molecular weight is 508 g/mol. The van der Waals surface area contributed by atoms with Crippen LogP contribution >= 0.6 is 11.6 Å². The molecule has 7 nitrogen and oxygen atoms in total. The highest BCUT2D eigenvalue weighted by Crippen LogP contribution is 2.22. The molecule has 186 valence electrons. The van der Waals surface area contributed by atoms with Crippen LogP contribution in [0.4, 0.5) is 5.69 Å². The molecule has 34 heavy (non-hydrogen) atoms. The Morgan fingerprint density at radius 3 is 2.26 bits per heavy atom. The molecule has 0 radical (unpaired) electrons. The topological polar surface area (TPSA) is 86.8 Å². The number of carbonyl (C=O) groups is 2. The Labute approximate surface area is 208 Å². The number of nitrogens with zero attached hydrogens (tertiary/aromatic N) is 2. The molecule has 2 rings (SSSR count). The van der Waals surface area contributed by atoms with Crippen LogP contribution in [-0.2, 0) is 26.2 Å². The number of halogens is 1. The molecule has 0 spiro atoms. The highest BCUT2D eigenvalue weighted by molar-refractivity contribution is 7.92. The fourth-order valence-corrected chi connectivity index (χ4v) is 4.61. The van der Waals surface area contributed by atoms with Crippen molar-refractivity contribution in [2.24, 2.45) is 0 Å². The fourth-order valence-electron chi connectivity index (χ4n) is 3.56. The van der Waals surface area contributed by atoms with Crippen LogP contribution in [0.1, 0.15) is 44.2 Å². The smallest absolute Gasteiger partial charge is 0.244 e. The summed E-state index contributed by atoms with van der Waals surface area (Å²) in [5, 5.41) is 3.37. The summed E-state index contributed by atoms with van der Waals surface area (Å²) in [6.07, 6.45) is 3.19. The van der Waals surface area contributed by atoms with E-state index in [1.165, 1.54) is 4.90 Å². The van der Waals surface area contributed by atoms with Gasteiger partial charge in [-0.3, -0.25) is 13.9 Å². The zero-order chi connectivity index (χ0) is 25.3. The number of sulfonamides is 1. The van der Waals surface area contributed by atoms with Crippen molar-refractivity contribution in [3.05, 3.63) is 64.7 Å². The number of aryl methyl sites for hydroxylation is 1. The zero-order valence-electron chi connectivity index (χ0n) is 20.3. The first-order valence-corrected chi connectivity index (χ1v) is 13.7. The van der Waals surface area contributed by atoms with Crippen molar-refractivity contribution >= 4 is 39.1 Å². The first-order chi connectivity index (χ1) is 16.1. The van der Waals surface area contributed by atoms with E-state index in [-0.39, 0.29) is 12.5 Å². The van der Waals surface area contributed by atoms with Gasteiger partial charge in [0, 0.05) is 18.1 Å². The Kier molecular flexibility index (Phi) is 10.4. The lowest BCUT2D eigenvalue weighted by Gasteiger charge is -2.33. The van der Waals surface area contributed by atoms with Gasteiger partial charge in [0.25, 0.3) is 0 Å². The van der Waals surface area contributed by atoms with E-state index in [0.717, 1.165) is 29.0 Å². The number of hydrogen-bond acceptors (Lipinski definition) is 4. The van der Waals surface area contributed by atoms with Crippen LogP contribution in [-0.4, -0.2) is 50.5 Å². The standard InChI is InChI=1S/C25H34ClN3O4S/c1-5-7-16-27-25(31)23(6-2)28(17-20-10-8-9-11-22(20)26)24(30)18-29(34(4,32)33)21-14-12-19(3)13-15-21/h8-15,23H,5-7,16-18H2,1-4H3,(H,27,31). The van der Waals surface area contributed by atoms with Gasteiger partial charge >= 0.3 is 0 Å². The van der Waals surface area contributed by atoms with Gasteiger partial charge in [-0.05, 0) is 43.5 Å². The lowest BCUT2D eigenvalue weighted by molar-refractivity contribution is -0.140. The van der Waals surface area contributed by atoms with E-state index < -0.39 is 28.5 Å². The molecule has 0 aromatic heterocycles. The molecular weight excluding hydrogens is 474 g/mol. The van der Waals surface area contributed by atoms with Gasteiger partial charge in [0.15, 0.2) is 0 Å². The van der Waals surface area contributed by atoms with E-state index in [0.29, 0.717) is 29.2 Å². The minimum absolute atomic E-state index is 0.0870. The molecule has 0 aliphatic carbocycles. The largest absolute Gasteiger partial charge is 0.354 e. The Bertz CT molecular complexity index is 1070. The Balaban J connectivity index is 2.40. The molecule has 0 aliphatic heterocycles. The van der Waals surface area contributed by atoms with Crippen LogP contribution in [0.5, 0.6) is 0 Å². The third kappa shape index (κ3) is 7.74. The van der Waals surface area contributed by atoms with Crippen LogP contribution < -0.4 is 9.62 Å². The number of rotatable bonds is 12. The molecule has 0 aliphatic rings. The molecular formula is C25H34ClN3O4S. The van der Waals surface area contributed by atoms with Crippen molar-refractivity contribution in [1.29, 1.82) is 0 Å². The van der Waals surface area contributed by atoms with Crippen molar-refractivity contribution in [2.75, 3.05) is 23.7 Å². The van der Waals surface area contributed by atoms with Gasteiger partial charge in [0.05, 0.1) is 11.9 Å². The molecule has 9 heteroatoms. The normalized spacial score (nSPS) is 12.1. The number of unbranched alkanes of at least 4 members (excludes halogenated alkanes) is 1. The zero-order valence-corrected chi connectivity index (χ0v) is 21.8. The van der Waals surface area contributed by atoms with E-state index in [1.807, 2.05) is 20.8 Å². The first-order valence-electron chi connectivity index (χ1n) is 11.4. The van der Waals surface area contributed by atoms with Crippen molar-refractivity contribution < 1.29 is 18.0 Å². The second-order valence-corrected chi connectivity index (χ2v) is 10.6. The Hall–Kier alpha value is -2.58. The molecule has 0 saturated heterocycles. The lowest BCUT2D eigenvalue weighted by Crippen LogP contribution is -2.52. The number of hydrogen-bond donors (Lipinski definition) is 1. The van der Waals surface area contributed by atoms with Gasteiger partial charge in [-0.15, -0.1) is 0 Å². The predicted octanol–water partition coefficient (Wildman–Crippen LogP) is 4.14. The summed E-state index contributed by atoms with van der Waals surface area (Å²) < 4.78 is 26.2. The summed E-state index contributed by atoms with van der Waals surface area (Å²) in [6, 6.07) is 13.2. The lowest BCUT2D eigenvalue weighted by atomic mass is 10.1. The SMILES string of the molecule is CCCCNC(=O)C(CC)N(Cc1ccccc1Cl)C(=O)CN(c1ccc(C)cc1)S(C)(=O)=O. The maximum atomic E-state index is 13.6. The van der Waals surface area contributed by atoms with Gasteiger partial charge in [0.2, 0.25) is 21.8 Å². The molecule has 1 unspecified atom stereocenters. The monoisotopic (exact) mass is 507 g/mol. The summed E-state index contributed by atoms with van der Waals surface area (Å²) in [5.41, 5.74) is 2.04. The molecule has 0 bridgehead atoms. The molecule has 2 aromatic rings. The van der Waals surface area contributed by atoms with Crippen molar-refractivity contribution in [3.63, 3.8) is 0 Å². The van der Waals surface area contributed by atoms with E-state index >= 15 is 0 Å². The highest BCUT2D eigenvalue weighted by atomic mass is 35.5. The van der Waals surface area contributed by atoms with Crippen LogP contribution in [0.25, 0.3) is 0 Å². The van der Waals surface area contributed by atoms with Crippen LogP contribution in [0.3, 0.4) is 0 Å². The van der Waals surface area contributed by atoms with E-state index in [4.69, 9.17) is 11.6 Å². The van der Waals surface area contributed by atoms with Gasteiger partial charge in [0.1, 0.15) is 12.6 Å².